The second-order valence-corrected chi connectivity index (χ2v) is 2.00. The van der Waals surface area contributed by atoms with Gasteiger partial charge in [-0.15, -0.1) is 0 Å². The lowest BCUT2D eigenvalue weighted by Crippen LogP contribution is -1.94. The first-order valence-electron chi connectivity index (χ1n) is 2.55. The van der Waals surface area contributed by atoms with E-state index in [1.807, 2.05) is 0 Å². The third-order valence-electron chi connectivity index (χ3n) is 1.46. The van der Waals surface area contributed by atoms with Crippen LogP contribution in [0.25, 0.3) is 0 Å². The molecule has 0 spiro atoms. The highest BCUT2D eigenvalue weighted by molar-refractivity contribution is 6.65. The van der Waals surface area contributed by atoms with Gasteiger partial charge in [-0.05, 0) is 13.5 Å². The molecule has 1 fully saturated rings. The molecule has 0 saturated carbocycles. The summed E-state index contributed by atoms with van der Waals surface area (Å²) in [6.45, 7) is 3.17. The Bertz CT molecular complexity index is 53.5. The lowest BCUT2D eigenvalue weighted by atomic mass is 9.74. The molecule has 0 aromatic carbocycles. The van der Waals surface area contributed by atoms with E-state index in [1.165, 1.54) is 12.8 Å². The summed E-state index contributed by atoms with van der Waals surface area (Å²) >= 11 is 0. The number of hydrogen-bond donors (Lipinski definition) is 0. The molecule has 1 saturated heterocycles. The zero-order valence-corrected chi connectivity index (χ0v) is 4.44. The maximum atomic E-state index is 2.35. The molecule has 1 nitrogen and oxygen atoms in total. The first-order valence-corrected chi connectivity index (χ1v) is 2.55. The topological polar surface area (TPSA) is 3.01 Å². The van der Waals surface area contributed by atoms with Crippen LogP contribution < -0.4 is 0 Å². The summed E-state index contributed by atoms with van der Waals surface area (Å²) in [5.74, 6) is 0. The molecule has 1 rings (SSSR count). The molecule has 2 heteroatoms. The standard InChI is InChI=1S/C4H10BN/c1-3-5-4-6(5)2/h3-4H2,1-2H3. The van der Waals surface area contributed by atoms with E-state index in [0.717, 1.165) is 6.85 Å². The molecular weight excluding hydrogens is 72.9 g/mol. The lowest BCUT2D eigenvalue weighted by Gasteiger charge is -1.79. The predicted octanol–water partition coefficient (Wildman–Crippen LogP) is 0.482. The Morgan fingerprint density at radius 2 is 2.33 bits per heavy atom. The van der Waals surface area contributed by atoms with Gasteiger partial charge < -0.3 is 4.81 Å². The molecular formula is C4H10BN. The van der Waals surface area contributed by atoms with Crippen molar-refractivity contribution in [1.29, 1.82) is 0 Å². The minimum absolute atomic E-state index is 0.935. The van der Waals surface area contributed by atoms with E-state index in [4.69, 9.17) is 0 Å². The number of rotatable bonds is 1. The molecule has 0 N–H and O–H groups in total. The third-order valence-corrected chi connectivity index (χ3v) is 1.46. The van der Waals surface area contributed by atoms with Gasteiger partial charge >= 0.3 is 0 Å². The Labute approximate surface area is 39.4 Å². The van der Waals surface area contributed by atoms with Crippen LogP contribution in [0.15, 0.2) is 0 Å². The van der Waals surface area contributed by atoms with Gasteiger partial charge in [-0.2, -0.15) is 0 Å². The van der Waals surface area contributed by atoms with Crippen molar-refractivity contribution in [1.82, 2.24) is 4.81 Å². The van der Waals surface area contributed by atoms with Crippen LogP contribution >= 0.6 is 0 Å². The average molecular weight is 82.9 g/mol. The first kappa shape index (κ1) is 4.19. The highest BCUT2D eigenvalue weighted by Gasteiger charge is 2.31. The van der Waals surface area contributed by atoms with Crippen molar-refractivity contribution in [3.05, 3.63) is 0 Å². The summed E-state index contributed by atoms with van der Waals surface area (Å²) in [7, 11) is 2.16. The van der Waals surface area contributed by atoms with Gasteiger partial charge in [0.05, 0.1) is 0 Å². The van der Waals surface area contributed by atoms with Gasteiger partial charge in [0, 0.05) is 0 Å². The van der Waals surface area contributed by atoms with Crippen molar-refractivity contribution in [3.63, 3.8) is 0 Å². The van der Waals surface area contributed by atoms with Crippen LogP contribution in [-0.4, -0.2) is 25.2 Å². The zero-order chi connectivity index (χ0) is 4.57. The van der Waals surface area contributed by atoms with Crippen LogP contribution in [0.1, 0.15) is 6.92 Å². The summed E-state index contributed by atoms with van der Waals surface area (Å²) in [4.78, 5) is 2.35. The minimum atomic E-state index is 0.935. The smallest absolute Gasteiger partial charge is 0.235 e. The average Bonchev–Trinajstić information content (AvgIpc) is 2.19. The fourth-order valence-corrected chi connectivity index (χ4v) is 0.726. The third kappa shape index (κ3) is 0.572. The maximum Gasteiger partial charge on any atom is 0.235 e. The van der Waals surface area contributed by atoms with Crippen LogP contribution in [-0.2, 0) is 0 Å². The molecule has 6 heavy (non-hydrogen) atoms. The van der Waals surface area contributed by atoms with Crippen molar-refractivity contribution in [2.45, 2.75) is 13.2 Å². The molecule has 34 valence electrons. The van der Waals surface area contributed by atoms with Gasteiger partial charge in [-0.3, -0.25) is 0 Å². The Morgan fingerprint density at radius 3 is 2.33 bits per heavy atom. The van der Waals surface area contributed by atoms with E-state index in [-0.39, 0.29) is 0 Å². The summed E-state index contributed by atoms with van der Waals surface area (Å²) in [6.07, 6.45) is 2.66. The zero-order valence-electron chi connectivity index (χ0n) is 4.44. The Kier molecular flexibility index (Phi) is 0.883. The Morgan fingerprint density at radius 1 is 1.83 bits per heavy atom. The monoisotopic (exact) mass is 83.1 g/mol. The molecule has 0 aromatic heterocycles. The SMILES string of the molecule is CCB1CN1C. The fraction of sp³-hybridized carbons (Fsp3) is 1.00. The molecule has 0 aromatic rings. The second-order valence-electron chi connectivity index (χ2n) is 2.00. The molecule has 0 radical (unpaired) electrons. The van der Waals surface area contributed by atoms with E-state index >= 15 is 0 Å². The van der Waals surface area contributed by atoms with Gasteiger partial charge in [0.25, 0.3) is 0 Å². The Hall–Kier alpha value is 0.0249. The Balaban J connectivity index is 2.09. The maximum absolute atomic E-state index is 2.35. The number of nitrogens with zero attached hydrogens (tertiary/aromatic N) is 1. The molecule has 1 unspecified atom stereocenters. The lowest BCUT2D eigenvalue weighted by molar-refractivity contribution is 0.767. The fourth-order valence-electron chi connectivity index (χ4n) is 0.726. The van der Waals surface area contributed by atoms with Crippen molar-refractivity contribution < 1.29 is 0 Å². The second kappa shape index (κ2) is 1.26. The van der Waals surface area contributed by atoms with Gasteiger partial charge in [0.1, 0.15) is 0 Å². The largest absolute Gasteiger partial charge is 0.349 e. The molecule has 1 aliphatic rings. The summed E-state index contributed by atoms with van der Waals surface area (Å²) in [5.41, 5.74) is 0. The van der Waals surface area contributed by atoms with Gasteiger partial charge in [-0.25, -0.2) is 0 Å². The molecule has 1 atom stereocenters. The molecule has 1 heterocycles. The van der Waals surface area contributed by atoms with E-state index in [2.05, 4.69) is 18.8 Å². The van der Waals surface area contributed by atoms with Crippen molar-refractivity contribution in [2.24, 2.45) is 0 Å². The van der Waals surface area contributed by atoms with Crippen molar-refractivity contribution in [2.75, 3.05) is 13.5 Å². The van der Waals surface area contributed by atoms with E-state index in [0.29, 0.717) is 0 Å². The van der Waals surface area contributed by atoms with E-state index in [9.17, 15) is 0 Å². The van der Waals surface area contributed by atoms with Gasteiger partial charge in [0.2, 0.25) is 6.85 Å². The van der Waals surface area contributed by atoms with Crippen LogP contribution in [0.2, 0.25) is 6.32 Å². The summed E-state index contributed by atoms with van der Waals surface area (Å²) in [5, 5.41) is 0. The van der Waals surface area contributed by atoms with Crippen molar-refractivity contribution in [3.8, 4) is 0 Å². The van der Waals surface area contributed by atoms with Crippen LogP contribution in [0.4, 0.5) is 0 Å². The van der Waals surface area contributed by atoms with Crippen LogP contribution in [0.3, 0.4) is 0 Å². The van der Waals surface area contributed by atoms with E-state index in [1.54, 1.807) is 0 Å². The van der Waals surface area contributed by atoms with Crippen molar-refractivity contribution >= 4 is 6.85 Å². The first-order chi connectivity index (χ1) is 2.84. The molecule has 0 aliphatic carbocycles. The predicted molar refractivity (Wildman–Crippen MR) is 28.9 cm³/mol. The van der Waals surface area contributed by atoms with Crippen LogP contribution in [0.5, 0.6) is 0 Å². The summed E-state index contributed by atoms with van der Waals surface area (Å²) in [6, 6.07) is 0. The number of hydrogen-bond acceptors (Lipinski definition) is 1. The molecule has 0 amide bonds. The van der Waals surface area contributed by atoms with Crippen LogP contribution in [0, 0.1) is 0 Å². The van der Waals surface area contributed by atoms with E-state index < -0.39 is 0 Å². The minimum Gasteiger partial charge on any atom is -0.349 e. The highest BCUT2D eigenvalue weighted by Crippen LogP contribution is 2.10. The quantitative estimate of drug-likeness (QED) is 0.329. The highest BCUT2D eigenvalue weighted by atomic mass is 15.1. The summed E-state index contributed by atoms with van der Waals surface area (Å²) < 4.78 is 0. The van der Waals surface area contributed by atoms with Gasteiger partial charge in [-0.1, -0.05) is 13.2 Å². The van der Waals surface area contributed by atoms with Gasteiger partial charge in [0.15, 0.2) is 0 Å². The normalized spacial score (nSPS) is 31.0. The molecule has 1 aliphatic heterocycles. The molecule has 0 bridgehead atoms.